The second-order valence-electron chi connectivity index (χ2n) is 5.81. The zero-order valence-electron chi connectivity index (χ0n) is 11.8. The molecule has 0 saturated carbocycles. The fourth-order valence-electron chi connectivity index (χ4n) is 2.25. The van der Waals surface area contributed by atoms with E-state index < -0.39 is 0 Å². The lowest BCUT2D eigenvalue weighted by atomic mass is 9.81. The Labute approximate surface area is 114 Å². The van der Waals surface area contributed by atoms with Crippen LogP contribution >= 0.6 is 12.6 Å². The highest BCUT2D eigenvalue weighted by Crippen LogP contribution is 2.31. The van der Waals surface area contributed by atoms with Crippen LogP contribution in [0.25, 0.3) is 0 Å². The van der Waals surface area contributed by atoms with Crippen molar-refractivity contribution in [2.24, 2.45) is 5.41 Å². The van der Waals surface area contributed by atoms with Gasteiger partial charge in [0.15, 0.2) is 0 Å². The highest BCUT2D eigenvalue weighted by atomic mass is 32.1. The van der Waals surface area contributed by atoms with E-state index in [0.29, 0.717) is 5.41 Å². The van der Waals surface area contributed by atoms with Gasteiger partial charge in [-0.25, -0.2) is 0 Å². The molecule has 1 heteroatoms. The Bertz CT molecular complexity index is 216. The molecule has 0 amide bonds. The highest BCUT2D eigenvalue weighted by Gasteiger charge is 2.17. The summed E-state index contributed by atoms with van der Waals surface area (Å²) in [6.45, 7) is 12.7. The van der Waals surface area contributed by atoms with Crippen molar-refractivity contribution in [3.05, 3.63) is 24.8 Å². The average Bonchev–Trinajstić information content (AvgIpc) is 2.25. The van der Waals surface area contributed by atoms with Gasteiger partial charge >= 0.3 is 0 Å². The molecule has 0 N–H and O–H groups in total. The van der Waals surface area contributed by atoms with E-state index in [1.807, 2.05) is 6.08 Å². The molecule has 0 heterocycles. The van der Waals surface area contributed by atoms with Gasteiger partial charge in [0.25, 0.3) is 0 Å². The minimum Gasteiger partial charge on any atom is -0.179 e. The van der Waals surface area contributed by atoms with E-state index in [1.54, 1.807) is 0 Å². The first kappa shape index (κ1) is 16.8. The Hall–Kier alpha value is -0.170. The summed E-state index contributed by atoms with van der Waals surface area (Å²) in [6, 6.07) is 0. The quantitative estimate of drug-likeness (QED) is 0.269. The maximum atomic E-state index is 4.28. The van der Waals surface area contributed by atoms with Gasteiger partial charge in [-0.1, -0.05) is 38.5 Å². The molecule has 17 heavy (non-hydrogen) atoms. The lowest BCUT2D eigenvalue weighted by Crippen LogP contribution is -2.12. The van der Waals surface area contributed by atoms with E-state index in [9.17, 15) is 0 Å². The molecule has 0 atom stereocenters. The minimum atomic E-state index is 0.404. The van der Waals surface area contributed by atoms with Crippen LogP contribution in [0.2, 0.25) is 0 Å². The molecule has 0 fully saturated rings. The number of allylic oxidation sites excluding steroid dienone is 2. The Kier molecular flexibility index (Phi) is 9.72. The van der Waals surface area contributed by atoms with Crippen molar-refractivity contribution in [3.8, 4) is 0 Å². The van der Waals surface area contributed by atoms with Crippen molar-refractivity contribution in [1.29, 1.82) is 0 Å². The van der Waals surface area contributed by atoms with Crippen molar-refractivity contribution in [1.82, 2.24) is 0 Å². The molecule has 0 bridgehead atoms. The van der Waals surface area contributed by atoms with Gasteiger partial charge in [0.2, 0.25) is 0 Å². The standard InChI is InChI=1S/C16H30S/c1-5-6-7-8-9-11-15(2)14-16(3,4)12-10-13-17/h5,17H,1-2,6-14H2,3-4H3. The van der Waals surface area contributed by atoms with Crippen molar-refractivity contribution in [2.45, 2.75) is 65.2 Å². The maximum absolute atomic E-state index is 4.28. The molecule has 0 aliphatic carbocycles. The second kappa shape index (κ2) is 9.82. The molecule has 0 saturated heterocycles. The van der Waals surface area contributed by atoms with Crippen LogP contribution in [0, 0.1) is 5.41 Å². The third kappa shape index (κ3) is 10.7. The zero-order valence-corrected chi connectivity index (χ0v) is 12.7. The number of rotatable bonds is 11. The summed E-state index contributed by atoms with van der Waals surface area (Å²) in [5, 5.41) is 0. The molecule has 0 aromatic carbocycles. The summed E-state index contributed by atoms with van der Waals surface area (Å²) in [6.07, 6.45) is 11.9. The van der Waals surface area contributed by atoms with Crippen LogP contribution < -0.4 is 0 Å². The monoisotopic (exact) mass is 254 g/mol. The van der Waals surface area contributed by atoms with E-state index in [1.165, 1.54) is 50.5 Å². The molecule has 0 radical (unpaired) electrons. The lowest BCUT2D eigenvalue weighted by Gasteiger charge is -2.25. The molecular formula is C16H30S. The number of thiol groups is 1. The molecular weight excluding hydrogens is 224 g/mol. The van der Waals surface area contributed by atoms with Gasteiger partial charge in [-0.15, -0.1) is 6.58 Å². The average molecular weight is 254 g/mol. The fraction of sp³-hybridized carbons (Fsp3) is 0.750. The van der Waals surface area contributed by atoms with Crippen LogP contribution in [-0.4, -0.2) is 5.75 Å². The molecule has 0 aliphatic rings. The molecule has 0 rings (SSSR count). The van der Waals surface area contributed by atoms with E-state index in [0.717, 1.165) is 12.2 Å². The number of hydrogen-bond donors (Lipinski definition) is 1. The Morgan fingerprint density at radius 2 is 1.88 bits per heavy atom. The Balaban J connectivity index is 3.65. The van der Waals surface area contributed by atoms with Crippen LogP contribution in [-0.2, 0) is 0 Å². The summed E-state index contributed by atoms with van der Waals surface area (Å²) < 4.78 is 0. The van der Waals surface area contributed by atoms with E-state index in [2.05, 4.69) is 39.6 Å². The van der Waals surface area contributed by atoms with Crippen molar-refractivity contribution in [3.63, 3.8) is 0 Å². The normalized spacial score (nSPS) is 11.5. The van der Waals surface area contributed by atoms with Crippen molar-refractivity contribution >= 4 is 12.6 Å². The molecule has 100 valence electrons. The second-order valence-corrected chi connectivity index (χ2v) is 6.25. The van der Waals surface area contributed by atoms with Gasteiger partial charge in [-0.05, 0) is 56.1 Å². The molecule has 0 aromatic rings. The Morgan fingerprint density at radius 3 is 2.47 bits per heavy atom. The van der Waals surface area contributed by atoms with Gasteiger partial charge in [0, 0.05) is 0 Å². The zero-order chi connectivity index (χ0) is 13.1. The SMILES string of the molecule is C=CCCCCCC(=C)CC(C)(C)CCCS. The van der Waals surface area contributed by atoms with Gasteiger partial charge in [-0.3, -0.25) is 0 Å². The first-order chi connectivity index (χ1) is 8.02. The predicted molar refractivity (Wildman–Crippen MR) is 83.9 cm³/mol. The molecule has 0 nitrogen and oxygen atoms in total. The van der Waals surface area contributed by atoms with Crippen LogP contribution in [0.4, 0.5) is 0 Å². The molecule has 0 unspecified atom stereocenters. The summed E-state index contributed by atoms with van der Waals surface area (Å²) in [5.41, 5.74) is 1.83. The molecule has 0 aliphatic heterocycles. The topological polar surface area (TPSA) is 0 Å². The highest BCUT2D eigenvalue weighted by molar-refractivity contribution is 7.80. The van der Waals surface area contributed by atoms with E-state index >= 15 is 0 Å². The smallest absolute Gasteiger partial charge is 0.00977 e. The van der Waals surface area contributed by atoms with Gasteiger partial charge in [0.1, 0.15) is 0 Å². The van der Waals surface area contributed by atoms with Gasteiger partial charge in [0.05, 0.1) is 0 Å². The summed E-state index contributed by atoms with van der Waals surface area (Å²) in [4.78, 5) is 0. The third-order valence-electron chi connectivity index (χ3n) is 3.18. The van der Waals surface area contributed by atoms with Gasteiger partial charge in [-0.2, -0.15) is 12.6 Å². The number of unbranched alkanes of at least 4 members (excludes halogenated alkanes) is 3. The largest absolute Gasteiger partial charge is 0.179 e. The lowest BCUT2D eigenvalue weighted by molar-refractivity contribution is 0.325. The predicted octanol–water partition coefficient (Wildman–Crippen LogP) is 5.81. The minimum absolute atomic E-state index is 0.404. The van der Waals surface area contributed by atoms with Crippen molar-refractivity contribution < 1.29 is 0 Å². The fourth-order valence-corrected chi connectivity index (χ4v) is 2.41. The molecule has 0 aromatic heterocycles. The Morgan fingerprint density at radius 1 is 1.18 bits per heavy atom. The third-order valence-corrected chi connectivity index (χ3v) is 3.50. The maximum Gasteiger partial charge on any atom is -0.00977 e. The van der Waals surface area contributed by atoms with Crippen LogP contribution in [0.3, 0.4) is 0 Å². The summed E-state index contributed by atoms with van der Waals surface area (Å²) >= 11 is 4.28. The number of hydrogen-bond acceptors (Lipinski definition) is 1. The van der Waals surface area contributed by atoms with Crippen LogP contribution in [0.15, 0.2) is 24.8 Å². The summed E-state index contributed by atoms with van der Waals surface area (Å²) in [5.74, 6) is 0.997. The molecule has 0 spiro atoms. The van der Waals surface area contributed by atoms with Crippen LogP contribution in [0.5, 0.6) is 0 Å². The first-order valence-corrected chi connectivity index (χ1v) is 7.53. The first-order valence-electron chi connectivity index (χ1n) is 6.90. The van der Waals surface area contributed by atoms with Crippen molar-refractivity contribution in [2.75, 3.05) is 5.75 Å². The van der Waals surface area contributed by atoms with E-state index in [-0.39, 0.29) is 0 Å². The van der Waals surface area contributed by atoms with Crippen LogP contribution in [0.1, 0.15) is 65.2 Å². The van der Waals surface area contributed by atoms with E-state index in [4.69, 9.17) is 0 Å². The summed E-state index contributed by atoms with van der Waals surface area (Å²) in [7, 11) is 0. The van der Waals surface area contributed by atoms with Gasteiger partial charge < -0.3 is 0 Å².